The molecule has 2 aliphatic rings. The molecule has 2 heterocycles. The van der Waals surface area contributed by atoms with Gasteiger partial charge in [0.05, 0.1) is 16.7 Å². The molecule has 0 amide bonds. The predicted molar refractivity (Wildman–Crippen MR) is 113 cm³/mol. The van der Waals surface area contributed by atoms with E-state index in [4.69, 9.17) is 9.36 Å². The second-order valence-corrected chi connectivity index (χ2v) is 9.59. The van der Waals surface area contributed by atoms with E-state index in [1.807, 2.05) is 39.7 Å². The maximum absolute atomic E-state index is 13.2. The van der Waals surface area contributed by atoms with Crippen LogP contribution in [0.25, 0.3) is 0 Å². The van der Waals surface area contributed by atoms with Crippen LogP contribution in [0, 0.1) is 10.1 Å². The molecule has 2 aromatic carbocycles. The Morgan fingerprint density at radius 1 is 1.13 bits per heavy atom. The van der Waals surface area contributed by atoms with Crippen LogP contribution >= 0.6 is 7.67 Å². The average Bonchev–Trinajstić information content (AvgIpc) is 3.64. The van der Waals surface area contributed by atoms with E-state index >= 15 is 0 Å². The highest BCUT2D eigenvalue weighted by Crippen LogP contribution is 2.63. The Morgan fingerprint density at radius 2 is 1.77 bits per heavy atom. The van der Waals surface area contributed by atoms with Crippen molar-refractivity contribution in [2.75, 3.05) is 26.2 Å². The summed E-state index contributed by atoms with van der Waals surface area (Å²) in [5.41, 5.74) is 1.88. The third-order valence-corrected chi connectivity index (χ3v) is 7.80. The van der Waals surface area contributed by atoms with Gasteiger partial charge in [-0.25, -0.2) is 9.34 Å². The second kappa shape index (κ2) is 8.28. The number of rotatable bonds is 9. The van der Waals surface area contributed by atoms with Crippen LogP contribution in [0.3, 0.4) is 0 Å². The predicted octanol–water partition coefficient (Wildman–Crippen LogP) is 4.21. The molecule has 0 radical (unpaired) electrons. The van der Waals surface area contributed by atoms with Gasteiger partial charge in [0.15, 0.2) is 0 Å². The van der Waals surface area contributed by atoms with Gasteiger partial charge >= 0.3 is 13.4 Å². The van der Waals surface area contributed by atoms with Gasteiger partial charge in [0.25, 0.3) is 0 Å². The lowest BCUT2D eigenvalue weighted by atomic mass is 10.1. The average molecular weight is 430 g/mol. The van der Waals surface area contributed by atoms with Crippen molar-refractivity contribution in [3.63, 3.8) is 0 Å². The largest absolute Gasteiger partial charge is 0.349 e. The summed E-state index contributed by atoms with van der Waals surface area (Å²) >= 11 is 0. The molecule has 10 heteroatoms. The van der Waals surface area contributed by atoms with Crippen LogP contribution in [0.1, 0.15) is 31.1 Å². The fourth-order valence-corrected chi connectivity index (χ4v) is 5.38. The van der Waals surface area contributed by atoms with Crippen molar-refractivity contribution in [1.82, 2.24) is 9.34 Å². The smallest absolute Gasteiger partial charge is 0.346 e. The molecule has 2 aromatic rings. The van der Waals surface area contributed by atoms with Crippen molar-refractivity contribution >= 4 is 19.1 Å². The molecule has 0 spiro atoms. The molecule has 2 saturated heterocycles. The lowest BCUT2D eigenvalue weighted by Crippen LogP contribution is -2.10. The zero-order valence-electron chi connectivity index (χ0n) is 16.8. The molecule has 0 aliphatic carbocycles. The molecule has 2 fully saturated rings. The van der Waals surface area contributed by atoms with Crippen molar-refractivity contribution in [2.24, 2.45) is 5.16 Å². The summed E-state index contributed by atoms with van der Waals surface area (Å²) in [7, 11) is -3.02. The van der Waals surface area contributed by atoms with Crippen molar-refractivity contribution < 1.29 is 18.8 Å². The molecule has 9 nitrogen and oxygen atoms in total. The van der Waals surface area contributed by atoms with Gasteiger partial charge in [-0.1, -0.05) is 35.5 Å². The third-order valence-electron chi connectivity index (χ3n) is 4.98. The molecule has 1 atom stereocenters. The highest BCUT2D eigenvalue weighted by atomic mass is 31.2. The van der Waals surface area contributed by atoms with Crippen LogP contribution < -0.4 is 4.84 Å². The van der Waals surface area contributed by atoms with Crippen LogP contribution in [0.15, 0.2) is 53.7 Å². The second-order valence-electron chi connectivity index (χ2n) is 7.26. The standard InChI is InChI=1S/C20H23N4O5P/c1-15(17-6-4-3-5-7-17)21-28-20-14-18(8-9-19(20)24(25)26)16(2)29-30(27,22-10-11-22)23-12-13-23/h3-9,14,16H,10-13H2,1-2H3/b21-15+. The monoisotopic (exact) mass is 430 g/mol. The minimum atomic E-state index is -3.02. The first-order valence-electron chi connectivity index (χ1n) is 9.73. The zero-order chi connectivity index (χ0) is 21.3. The number of nitro benzene ring substituents is 1. The SMILES string of the molecule is C/C(=N\Oc1cc(C(C)OP(=O)(N2CC2)N2CC2)ccc1[N+](=O)[O-])c1ccccc1. The normalized spacial score (nSPS) is 18.1. The van der Waals surface area contributed by atoms with E-state index in [-0.39, 0.29) is 11.4 Å². The molecule has 2 aliphatic heterocycles. The molecular formula is C20H23N4O5P. The summed E-state index contributed by atoms with van der Waals surface area (Å²) in [5.74, 6) is 0.0107. The molecule has 30 heavy (non-hydrogen) atoms. The van der Waals surface area contributed by atoms with Crippen molar-refractivity contribution in [3.05, 3.63) is 69.8 Å². The van der Waals surface area contributed by atoms with E-state index < -0.39 is 18.7 Å². The minimum Gasteiger partial charge on any atom is -0.349 e. The van der Waals surface area contributed by atoms with Crippen molar-refractivity contribution in [2.45, 2.75) is 20.0 Å². The number of oxime groups is 1. The summed E-state index contributed by atoms with van der Waals surface area (Å²) in [6.07, 6.45) is -0.528. The molecule has 4 rings (SSSR count). The maximum Gasteiger partial charge on any atom is 0.346 e. The van der Waals surface area contributed by atoms with E-state index in [0.29, 0.717) is 11.3 Å². The Balaban J connectivity index is 1.56. The number of nitro groups is 1. The summed E-state index contributed by atoms with van der Waals surface area (Å²) in [4.78, 5) is 16.4. The first-order valence-corrected chi connectivity index (χ1v) is 11.3. The lowest BCUT2D eigenvalue weighted by molar-refractivity contribution is -0.385. The van der Waals surface area contributed by atoms with Gasteiger partial charge < -0.3 is 4.84 Å². The van der Waals surface area contributed by atoms with Gasteiger partial charge in [-0.15, -0.1) is 0 Å². The number of nitrogens with zero attached hydrogens (tertiary/aromatic N) is 4. The summed E-state index contributed by atoms with van der Waals surface area (Å²) in [6.45, 7) is 6.56. The van der Waals surface area contributed by atoms with Gasteiger partial charge in [0.1, 0.15) is 0 Å². The molecule has 0 bridgehead atoms. The quantitative estimate of drug-likeness (QED) is 0.193. The fraction of sp³-hybridized carbons (Fsp3) is 0.350. The van der Waals surface area contributed by atoms with Crippen LogP contribution in [-0.4, -0.2) is 46.2 Å². The Morgan fingerprint density at radius 3 is 2.33 bits per heavy atom. The molecule has 1 unspecified atom stereocenters. The lowest BCUT2D eigenvalue weighted by Gasteiger charge is -2.24. The first-order chi connectivity index (χ1) is 14.4. The van der Waals surface area contributed by atoms with Crippen LogP contribution in [-0.2, 0) is 9.09 Å². The summed E-state index contributed by atoms with van der Waals surface area (Å²) < 4.78 is 22.8. The Labute approximate surface area is 174 Å². The van der Waals surface area contributed by atoms with Crippen molar-refractivity contribution in [3.8, 4) is 5.75 Å². The molecule has 158 valence electrons. The van der Waals surface area contributed by atoms with Gasteiger partial charge in [-0.2, -0.15) is 0 Å². The number of hydrogen-bond acceptors (Lipinski definition) is 6. The minimum absolute atomic E-state index is 0.0107. The van der Waals surface area contributed by atoms with Crippen LogP contribution in [0.4, 0.5) is 5.69 Å². The summed E-state index contributed by atoms with van der Waals surface area (Å²) in [6, 6.07) is 13.9. The molecule has 0 aromatic heterocycles. The fourth-order valence-electron chi connectivity index (χ4n) is 3.03. The van der Waals surface area contributed by atoms with E-state index in [1.54, 1.807) is 19.9 Å². The third kappa shape index (κ3) is 4.44. The van der Waals surface area contributed by atoms with E-state index in [1.165, 1.54) is 12.1 Å². The van der Waals surface area contributed by atoms with Crippen molar-refractivity contribution in [1.29, 1.82) is 0 Å². The summed E-state index contributed by atoms with van der Waals surface area (Å²) in [5, 5.41) is 15.5. The number of hydrogen-bond donors (Lipinski definition) is 0. The molecule has 0 saturated carbocycles. The highest BCUT2D eigenvalue weighted by Gasteiger charge is 2.50. The maximum atomic E-state index is 13.2. The van der Waals surface area contributed by atoms with E-state index in [9.17, 15) is 14.7 Å². The number of benzene rings is 2. The Bertz CT molecular complexity index is 1010. The highest BCUT2D eigenvalue weighted by molar-refractivity contribution is 7.54. The topological polar surface area (TPSA) is 97.0 Å². The molecular weight excluding hydrogens is 407 g/mol. The first kappa shape index (κ1) is 20.7. The van der Waals surface area contributed by atoms with Gasteiger partial charge in [-0.05, 0) is 37.1 Å². The van der Waals surface area contributed by atoms with Crippen LogP contribution in [0.5, 0.6) is 5.75 Å². The van der Waals surface area contributed by atoms with E-state index in [2.05, 4.69) is 5.16 Å². The van der Waals surface area contributed by atoms with E-state index in [0.717, 1.165) is 31.7 Å². The van der Waals surface area contributed by atoms with Crippen LogP contribution in [0.2, 0.25) is 0 Å². The van der Waals surface area contributed by atoms with Gasteiger partial charge in [-0.3, -0.25) is 19.2 Å². The Hall–Kier alpha value is -2.58. The van der Waals surface area contributed by atoms with Gasteiger partial charge in [0.2, 0.25) is 5.75 Å². The Kier molecular flexibility index (Phi) is 5.71. The molecule has 0 N–H and O–H groups in total. The van der Waals surface area contributed by atoms with Gasteiger partial charge in [0, 0.05) is 32.2 Å². The zero-order valence-corrected chi connectivity index (χ0v) is 17.7.